The first-order valence-electron chi connectivity index (χ1n) is 12.8. The summed E-state index contributed by atoms with van der Waals surface area (Å²) in [7, 11) is 3.00. The second-order valence-corrected chi connectivity index (χ2v) is 10.7. The Morgan fingerprint density at radius 3 is 2.66 bits per heavy atom. The molecule has 4 aromatic rings. The van der Waals surface area contributed by atoms with Crippen LogP contribution < -0.4 is 10.1 Å². The number of ether oxygens (including phenoxy) is 2. The molecule has 194 valence electrons. The molecule has 0 saturated carbocycles. The van der Waals surface area contributed by atoms with Crippen molar-refractivity contribution in [2.45, 2.75) is 38.3 Å². The molecular weight excluding hydrogens is 498 g/mol. The van der Waals surface area contributed by atoms with E-state index in [4.69, 9.17) is 9.47 Å². The molecule has 2 aromatic heterocycles. The highest BCUT2D eigenvalue weighted by Crippen LogP contribution is 2.44. The number of carbonyl (C=O) groups is 2. The van der Waals surface area contributed by atoms with E-state index in [1.165, 1.54) is 41.0 Å². The van der Waals surface area contributed by atoms with Crippen LogP contribution in [-0.2, 0) is 24.1 Å². The van der Waals surface area contributed by atoms with Gasteiger partial charge in [0.15, 0.2) is 0 Å². The predicted molar refractivity (Wildman–Crippen MR) is 147 cm³/mol. The van der Waals surface area contributed by atoms with Gasteiger partial charge < -0.3 is 24.3 Å². The number of aromatic nitrogens is 1. The first-order chi connectivity index (χ1) is 18.6. The third-order valence-electron chi connectivity index (χ3n) is 7.38. The number of urea groups is 1. The molecule has 1 N–H and O–H groups in total. The Balaban J connectivity index is 1.46. The van der Waals surface area contributed by atoms with Crippen molar-refractivity contribution >= 4 is 29.0 Å². The van der Waals surface area contributed by atoms with Crippen LogP contribution in [0.1, 0.15) is 56.5 Å². The second-order valence-electron chi connectivity index (χ2n) is 9.61. The molecule has 0 unspecified atom stereocenters. The quantitative estimate of drug-likeness (QED) is 0.314. The summed E-state index contributed by atoms with van der Waals surface area (Å²) in [6.45, 7) is 0.479. The molecule has 0 spiro atoms. The van der Waals surface area contributed by atoms with Gasteiger partial charge in [0.2, 0.25) is 0 Å². The van der Waals surface area contributed by atoms with E-state index < -0.39 is 5.97 Å². The lowest BCUT2D eigenvalue weighted by Gasteiger charge is -2.31. The van der Waals surface area contributed by atoms with Crippen molar-refractivity contribution in [3.63, 3.8) is 0 Å². The average molecular weight is 528 g/mol. The molecule has 2 aliphatic rings. The van der Waals surface area contributed by atoms with Crippen molar-refractivity contribution in [3.8, 4) is 10.8 Å². The molecule has 2 amide bonds. The standard InChI is InChI=1S/C30H29N3O4S/c1-36-22-11-6-8-19(17-22)27-25-13-7-15-32(25)28-24(23-12-3-4-14-26(23)38-28)18-33(27)30(35)31-21-10-5-9-20(16-21)29(34)37-2/h5-11,13,15-17,27H,3-4,12,14,18H2,1-2H3,(H,31,35)/t27-/m1/s1. The lowest BCUT2D eigenvalue weighted by Crippen LogP contribution is -2.38. The Morgan fingerprint density at radius 2 is 1.82 bits per heavy atom. The first kappa shape index (κ1) is 24.3. The molecule has 1 atom stereocenters. The van der Waals surface area contributed by atoms with Gasteiger partial charge in [0.25, 0.3) is 0 Å². The number of hydrogen-bond donors (Lipinski definition) is 1. The lowest BCUT2D eigenvalue weighted by atomic mass is 9.95. The molecule has 2 aromatic carbocycles. The van der Waals surface area contributed by atoms with Crippen molar-refractivity contribution in [1.29, 1.82) is 0 Å². The van der Waals surface area contributed by atoms with Crippen molar-refractivity contribution in [1.82, 2.24) is 9.47 Å². The largest absolute Gasteiger partial charge is 0.497 e. The van der Waals surface area contributed by atoms with Gasteiger partial charge in [-0.2, -0.15) is 0 Å². The first-order valence-corrected chi connectivity index (χ1v) is 13.6. The van der Waals surface area contributed by atoms with E-state index in [1.807, 2.05) is 46.6 Å². The number of carbonyl (C=O) groups excluding carboxylic acids is 2. The molecule has 7 nitrogen and oxygen atoms in total. The monoisotopic (exact) mass is 527 g/mol. The van der Waals surface area contributed by atoms with E-state index in [-0.39, 0.29) is 12.1 Å². The number of nitrogens with zero attached hydrogens (tertiary/aromatic N) is 2. The minimum absolute atomic E-state index is 0.240. The topological polar surface area (TPSA) is 72.8 Å². The summed E-state index contributed by atoms with van der Waals surface area (Å²) in [6.07, 6.45) is 6.61. The van der Waals surface area contributed by atoms with Crippen molar-refractivity contribution < 1.29 is 19.1 Å². The highest BCUT2D eigenvalue weighted by atomic mass is 32.1. The zero-order valence-electron chi connectivity index (χ0n) is 21.4. The van der Waals surface area contributed by atoms with E-state index in [1.54, 1.807) is 31.4 Å². The Hall–Kier alpha value is -4.04. The fourth-order valence-corrected chi connectivity index (χ4v) is 6.99. The maximum Gasteiger partial charge on any atom is 0.337 e. The van der Waals surface area contributed by atoms with Crippen LogP contribution in [0, 0.1) is 0 Å². The SMILES string of the molecule is COC(=O)c1cccc(NC(=O)N2Cc3c(sc4c3CCCC4)-n3cccc3[C@H]2c2cccc(OC)c2)c1. The van der Waals surface area contributed by atoms with Crippen molar-refractivity contribution in [3.05, 3.63) is 99.7 Å². The Morgan fingerprint density at radius 1 is 0.974 bits per heavy atom. The van der Waals surface area contributed by atoms with Gasteiger partial charge in [0.1, 0.15) is 10.8 Å². The Bertz CT molecular complexity index is 1520. The number of hydrogen-bond acceptors (Lipinski definition) is 5. The van der Waals surface area contributed by atoms with Crippen molar-refractivity contribution in [2.24, 2.45) is 0 Å². The van der Waals surface area contributed by atoms with Gasteiger partial charge >= 0.3 is 12.0 Å². The van der Waals surface area contributed by atoms with Gasteiger partial charge in [-0.1, -0.05) is 18.2 Å². The Kier molecular flexibility index (Phi) is 6.41. The number of fused-ring (bicyclic) bond motifs is 5. The second kappa shape index (κ2) is 10.0. The summed E-state index contributed by atoms with van der Waals surface area (Å²) >= 11 is 1.86. The van der Waals surface area contributed by atoms with Gasteiger partial charge in [0.05, 0.1) is 38.1 Å². The lowest BCUT2D eigenvalue weighted by molar-refractivity contribution is 0.0600. The van der Waals surface area contributed by atoms with Crippen LogP contribution in [0.25, 0.3) is 5.00 Å². The number of rotatable bonds is 4. The molecule has 1 aliphatic carbocycles. The maximum absolute atomic E-state index is 14.1. The molecule has 6 rings (SSSR count). The number of thiophene rings is 1. The van der Waals surface area contributed by atoms with Crippen LogP contribution >= 0.6 is 11.3 Å². The van der Waals surface area contributed by atoms with Crippen LogP contribution in [0.2, 0.25) is 0 Å². The molecular formula is C30H29N3O4S. The third-order valence-corrected chi connectivity index (χ3v) is 8.72. The molecule has 1 aliphatic heterocycles. The van der Waals surface area contributed by atoms with E-state index in [0.717, 1.165) is 29.8 Å². The van der Waals surface area contributed by atoms with Gasteiger partial charge in [-0.05, 0) is 79.3 Å². The van der Waals surface area contributed by atoms with Crippen LogP contribution in [0.5, 0.6) is 5.75 Å². The van der Waals surface area contributed by atoms with Gasteiger partial charge in [-0.25, -0.2) is 9.59 Å². The number of esters is 1. The number of anilines is 1. The van der Waals surface area contributed by atoms with Gasteiger partial charge in [-0.3, -0.25) is 0 Å². The van der Waals surface area contributed by atoms with Crippen molar-refractivity contribution in [2.75, 3.05) is 19.5 Å². The molecule has 8 heteroatoms. The minimum Gasteiger partial charge on any atom is -0.497 e. The smallest absolute Gasteiger partial charge is 0.337 e. The Labute approximate surface area is 225 Å². The van der Waals surface area contributed by atoms with Gasteiger partial charge in [0, 0.05) is 22.3 Å². The fraction of sp³-hybridized carbons (Fsp3) is 0.267. The molecule has 0 bridgehead atoms. The average Bonchev–Trinajstić information content (AvgIpc) is 3.54. The number of methoxy groups -OCH3 is 2. The van der Waals surface area contributed by atoms with E-state index in [2.05, 4.69) is 22.1 Å². The zero-order valence-corrected chi connectivity index (χ0v) is 22.2. The zero-order chi connectivity index (χ0) is 26.2. The summed E-state index contributed by atoms with van der Waals surface area (Å²) in [5.41, 5.74) is 5.53. The number of aryl methyl sites for hydroxylation is 1. The normalized spacial score (nSPS) is 16.1. The molecule has 38 heavy (non-hydrogen) atoms. The number of nitrogens with one attached hydrogen (secondary N) is 1. The van der Waals surface area contributed by atoms with E-state index in [0.29, 0.717) is 17.8 Å². The summed E-state index contributed by atoms with van der Waals surface area (Å²) in [4.78, 5) is 29.5. The maximum atomic E-state index is 14.1. The number of amides is 2. The van der Waals surface area contributed by atoms with Crippen LogP contribution in [0.15, 0.2) is 66.9 Å². The molecule has 0 radical (unpaired) electrons. The highest BCUT2D eigenvalue weighted by Gasteiger charge is 2.36. The molecule has 0 saturated heterocycles. The van der Waals surface area contributed by atoms with E-state index in [9.17, 15) is 9.59 Å². The van der Waals surface area contributed by atoms with E-state index >= 15 is 0 Å². The fourth-order valence-electron chi connectivity index (χ4n) is 5.59. The van der Waals surface area contributed by atoms with Crippen LogP contribution in [0.3, 0.4) is 0 Å². The highest BCUT2D eigenvalue weighted by molar-refractivity contribution is 7.15. The third kappa shape index (κ3) is 4.24. The van der Waals surface area contributed by atoms with Gasteiger partial charge in [-0.15, -0.1) is 11.3 Å². The minimum atomic E-state index is -0.447. The number of benzene rings is 2. The summed E-state index contributed by atoms with van der Waals surface area (Å²) in [5.74, 6) is 0.292. The van der Waals surface area contributed by atoms with Crippen LogP contribution in [-0.4, -0.2) is 35.7 Å². The molecule has 3 heterocycles. The summed E-state index contributed by atoms with van der Waals surface area (Å²) < 4.78 is 12.7. The van der Waals surface area contributed by atoms with Crippen LogP contribution in [0.4, 0.5) is 10.5 Å². The summed E-state index contributed by atoms with van der Waals surface area (Å²) in [6, 6.07) is 18.3. The molecule has 0 fully saturated rings. The summed E-state index contributed by atoms with van der Waals surface area (Å²) in [5, 5.41) is 4.26. The predicted octanol–water partition coefficient (Wildman–Crippen LogP) is 6.35.